The average molecular weight is 314 g/mol. The highest BCUT2D eigenvalue weighted by Gasteiger charge is 2.16. The van der Waals surface area contributed by atoms with Crippen molar-refractivity contribution < 1.29 is 17.9 Å². The summed E-state index contributed by atoms with van der Waals surface area (Å²) in [6.45, 7) is 5.99. The maximum absolute atomic E-state index is 12.0. The van der Waals surface area contributed by atoms with Crippen molar-refractivity contribution in [2.75, 3.05) is 13.2 Å². The zero-order valence-electron chi connectivity index (χ0n) is 12.5. The van der Waals surface area contributed by atoms with Crippen LogP contribution < -0.4 is 14.8 Å². The van der Waals surface area contributed by atoms with Gasteiger partial charge in [-0.2, -0.15) is 0 Å². The Hall–Kier alpha value is -1.60. The van der Waals surface area contributed by atoms with Crippen LogP contribution in [0.5, 0.6) is 5.75 Å². The third-order valence-electron chi connectivity index (χ3n) is 2.85. The fraction of sp³-hybridized carbons (Fsp3) is 0.500. The molecule has 6 nitrogen and oxygen atoms in total. The van der Waals surface area contributed by atoms with Gasteiger partial charge in [0.2, 0.25) is 10.0 Å². The molecule has 0 saturated carbocycles. The minimum atomic E-state index is -3.51. The van der Waals surface area contributed by atoms with Gasteiger partial charge in [0.1, 0.15) is 5.75 Å². The summed E-state index contributed by atoms with van der Waals surface area (Å²) < 4.78 is 31.9. The van der Waals surface area contributed by atoms with E-state index in [4.69, 9.17) is 4.74 Å². The first-order valence-corrected chi connectivity index (χ1v) is 8.39. The summed E-state index contributed by atoms with van der Waals surface area (Å²) in [7, 11) is -3.51. The molecule has 0 aromatic heterocycles. The molecule has 0 bridgehead atoms. The minimum Gasteiger partial charge on any atom is -0.484 e. The highest BCUT2D eigenvalue weighted by molar-refractivity contribution is 7.89. The minimum absolute atomic E-state index is 0.0922. The molecule has 0 radical (unpaired) electrons. The van der Waals surface area contributed by atoms with Crippen molar-refractivity contribution >= 4 is 15.9 Å². The number of likely N-dealkylation sites (N-methyl/N-ethyl adjacent to an activating group) is 1. The Bertz CT molecular complexity index is 555. The highest BCUT2D eigenvalue weighted by Crippen LogP contribution is 2.16. The van der Waals surface area contributed by atoms with Gasteiger partial charge in [-0.3, -0.25) is 4.79 Å². The van der Waals surface area contributed by atoms with Gasteiger partial charge in [0.05, 0.1) is 4.90 Å². The molecule has 1 amide bonds. The van der Waals surface area contributed by atoms with Crippen LogP contribution in [0.3, 0.4) is 0 Å². The quantitative estimate of drug-likeness (QED) is 0.757. The molecular formula is C14H22N2O4S. The van der Waals surface area contributed by atoms with Crippen LogP contribution in [0.15, 0.2) is 29.2 Å². The van der Waals surface area contributed by atoms with Crippen molar-refractivity contribution in [3.05, 3.63) is 24.3 Å². The predicted octanol–water partition coefficient (Wildman–Crippen LogP) is 1.28. The second kappa shape index (κ2) is 7.99. The molecule has 21 heavy (non-hydrogen) atoms. The zero-order valence-corrected chi connectivity index (χ0v) is 13.4. The predicted molar refractivity (Wildman–Crippen MR) is 80.7 cm³/mol. The smallest absolute Gasteiger partial charge is 0.257 e. The van der Waals surface area contributed by atoms with Crippen molar-refractivity contribution in [3.63, 3.8) is 0 Å². The summed E-state index contributed by atoms with van der Waals surface area (Å²) in [6, 6.07) is 5.85. The van der Waals surface area contributed by atoms with E-state index in [-0.39, 0.29) is 23.5 Å². The van der Waals surface area contributed by atoms with Crippen molar-refractivity contribution in [3.8, 4) is 5.75 Å². The first kappa shape index (κ1) is 17.5. The van der Waals surface area contributed by atoms with E-state index in [2.05, 4.69) is 10.0 Å². The van der Waals surface area contributed by atoms with Crippen LogP contribution in [0, 0.1) is 0 Å². The normalized spacial score (nSPS) is 12.7. The number of benzene rings is 1. The number of carbonyl (C=O) groups excluding carboxylic acids is 1. The number of nitrogens with one attached hydrogen (secondary N) is 2. The lowest BCUT2D eigenvalue weighted by Gasteiger charge is -2.12. The summed E-state index contributed by atoms with van der Waals surface area (Å²) in [5, 5.41) is 2.61. The molecule has 0 heterocycles. The van der Waals surface area contributed by atoms with Gasteiger partial charge in [0.15, 0.2) is 6.61 Å². The fourth-order valence-corrected chi connectivity index (χ4v) is 2.86. The van der Waals surface area contributed by atoms with Crippen molar-refractivity contribution in [1.29, 1.82) is 0 Å². The van der Waals surface area contributed by atoms with Crippen LogP contribution in [0.4, 0.5) is 0 Å². The van der Waals surface area contributed by atoms with Gasteiger partial charge in [-0.25, -0.2) is 13.1 Å². The standard InChI is InChI=1S/C14H22N2O4S/c1-4-11(3)16-21(18,19)13-8-6-12(7-9-13)20-10-14(17)15-5-2/h6-9,11,16H,4-5,10H2,1-3H3,(H,15,17)/t11-/m1/s1. The Balaban J connectivity index is 2.67. The van der Waals surface area contributed by atoms with Crippen molar-refractivity contribution in [2.24, 2.45) is 0 Å². The lowest BCUT2D eigenvalue weighted by atomic mass is 10.3. The topological polar surface area (TPSA) is 84.5 Å². The third kappa shape index (κ3) is 5.73. The van der Waals surface area contributed by atoms with E-state index in [1.54, 1.807) is 6.92 Å². The van der Waals surface area contributed by atoms with Gasteiger partial charge in [0, 0.05) is 12.6 Å². The molecule has 1 aromatic carbocycles. The van der Waals surface area contributed by atoms with E-state index in [1.807, 2.05) is 13.8 Å². The van der Waals surface area contributed by atoms with E-state index in [0.717, 1.165) is 0 Å². The van der Waals surface area contributed by atoms with Crippen LogP contribution in [-0.4, -0.2) is 33.5 Å². The maximum Gasteiger partial charge on any atom is 0.257 e. The Morgan fingerprint density at radius 3 is 2.38 bits per heavy atom. The van der Waals surface area contributed by atoms with Gasteiger partial charge in [-0.1, -0.05) is 6.92 Å². The Kier molecular flexibility index (Phi) is 6.64. The zero-order chi connectivity index (χ0) is 15.9. The van der Waals surface area contributed by atoms with Crippen LogP contribution in [0.2, 0.25) is 0 Å². The van der Waals surface area contributed by atoms with Crippen LogP contribution >= 0.6 is 0 Å². The van der Waals surface area contributed by atoms with Crippen molar-refractivity contribution in [1.82, 2.24) is 10.0 Å². The molecule has 0 aliphatic rings. The monoisotopic (exact) mass is 314 g/mol. The molecule has 0 unspecified atom stereocenters. The number of hydrogen-bond acceptors (Lipinski definition) is 4. The Morgan fingerprint density at radius 2 is 1.86 bits per heavy atom. The molecule has 118 valence electrons. The number of ether oxygens (including phenoxy) is 1. The van der Waals surface area contributed by atoms with Gasteiger partial charge in [-0.05, 0) is 44.5 Å². The van der Waals surface area contributed by atoms with Gasteiger partial charge >= 0.3 is 0 Å². The van der Waals surface area contributed by atoms with Gasteiger partial charge in [-0.15, -0.1) is 0 Å². The SMILES string of the molecule is CCNC(=O)COc1ccc(S(=O)(=O)N[C@H](C)CC)cc1. The van der Waals surface area contributed by atoms with Crippen molar-refractivity contribution in [2.45, 2.75) is 38.1 Å². The van der Waals surface area contributed by atoms with E-state index in [1.165, 1.54) is 24.3 Å². The Morgan fingerprint density at radius 1 is 1.24 bits per heavy atom. The molecule has 0 saturated heterocycles. The lowest BCUT2D eigenvalue weighted by Crippen LogP contribution is -2.32. The molecule has 0 fully saturated rings. The number of hydrogen-bond donors (Lipinski definition) is 2. The van der Waals surface area contributed by atoms with Crippen LogP contribution in [0.1, 0.15) is 27.2 Å². The van der Waals surface area contributed by atoms with E-state index in [9.17, 15) is 13.2 Å². The van der Waals surface area contributed by atoms with Crippen LogP contribution in [0.25, 0.3) is 0 Å². The summed E-state index contributed by atoms with van der Waals surface area (Å²) in [4.78, 5) is 11.4. The number of amides is 1. The lowest BCUT2D eigenvalue weighted by molar-refractivity contribution is -0.122. The second-order valence-corrected chi connectivity index (χ2v) is 6.36. The summed E-state index contributed by atoms with van der Waals surface area (Å²) >= 11 is 0. The largest absolute Gasteiger partial charge is 0.484 e. The maximum atomic E-state index is 12.0. The van der Waals surface area contributed by atoms with Gasteiger partial charge in [0.25, 0.3) is 5.91 Å². The number of carbonyl (C=O) groups is 1. The van der Waals surface area contributed by atoms with Crippen LogP contribution in [-0.2, 0) is 14.8 Å². The molecule has 2 N–H and O–H groups in total. The molecule has 0 aliphatic carbocycles. The third-order valence-corrected chi connectivity index (χ3v) is 4.45. The Labute approximate surface area is 125 Å². The number of rotatable bonds is 8. The summed E-state index contributed by atoms with van der Waals surface area (Å²) in [5.41, 5.74) is 0. The molecule has 1 aromatic rings. The van der Waals surface area contributed by atoms with E-state index in [0.29, 0.717) is 18.7 Å². The first-order valence-electron chi connectivity index (χ1n) is 6.91. The molecular weight excluding hydrogens is 292 g/mol. The molecule has 1 atom stereocenters. The average Bonchev–Trinajstić information content (AvgIpc) is 2.45. The second-order valence-electron chi connectivity index (χ2n) is 4.64. The molecule has 0 aliphatic heterocycles. The first-order chi connectivity index (χ1) is 9.89. The fourth-order valence-electron chi connectivity index (χ4n) is 1.53. The summed E-state index contributed by atoms with van der Waals surface area (Å²) in [6.07, 6.45) is 0.715. The van der Waals surface area contributed by atoms with Gasteiger partial charge < -0.3 is 10.1 Å². The molecule has 7 heteroatoms. The summed E-state index contributed by atoms with van der Waals surface area (Å²) in [5.74, 6) is 0.233. The number of sulfonamides is 1. The molecule has 1 rings (SSSR count). The molecule has 0 spiro atoms. The van der Waals surface area contributed by atoms with E-state index >= 15 is 0 Å². The van der Waals surface area contributed by atoms with E-state index < -0.39 is 10.0 Å². The highest BCUT2D eigenvalue weighted by atomic mass is 32.2.